The number of anilines is 2. The third kappa shape index (κ3) is 4.70. The molecule has 0 saturated heterocycles. The molecular weight excluding hydrogens is 369 g/mol. The van der Waals surface area contributed by atoms with Gasteiger partial charge in [0.25, 0.3) is 0 Å². The Kier molecular flexibility index (Phi) is 7.05. The zero-order chi connectivity index (χ0) is 20.1. The number of ether oxygens (including phenoxy) is 1. The summed E-state index contributed by atoms with van der Waals surface area (Å²) in [6, 6.07) is 8.41. The van der Waals surface area contributed by atoms with Gasteiger partial charge in [0.1, 0.15) is 5.82 Å². The predicted molar refractivity (Wildman–Crippen MR) is 107 cm³/mol. The zero-order valence-corrected chi connectivity index (χ0v) is 16.5. The van der Waals surface area contributed by atoms with Gasteiger partial charge in [0, 0.05) is 18.5 Å². The van der Waals surface area contributed by atoms with Crippen molar-refractivity contribution in [1.82, 2.24) is 0 Å². The van der Waals surface area contributed by atoms with Crippen LogP contribution in [-0.4, -0.2) is 19.6 Å². The summed E-state index contributed by atoms with van der Waals surface area (Å²) in [6.07, 6.45) is 0.110. The zero-order valence-electron chi connectivity index (χ0n) is 15.8. The number of nitrogen functional groups attached to an aromatic ring is 1. The summed E-state index contributed by atoms with van der Waals surface area (Å²) in [5.74, 6) is 4.81. The van der Waals surface area contributed by atoms with E-state index in [2.05, 4.69) is 0 Å². The summed E-state index contributed by atoms with van der Waals surface area (Å²) in [7, 11) is 1.70. The second-order valence-corrected chi connectivity index (χ2v) is 6.64. The van der Waals surface area contributed by atoms with E-state index >= 15 is 0 Å². The Morgan fingerprint density at radius 3 is 2.63 bits per heavy atom. The maximum atomic E-state index is 13.9. The fourth-order valence-electron chi connectivity index (χ4n) is 3.12. The molecule has 0 saturated carbocycles. The fraction of sp³-hybridized carbons (Fsp3) is 0.350. The van der Waals surface area contributed by atoms with E-state index in [0.717, 1.165) is 16.7 Å². The Bertz CT molecular complexity index is 827. The van der Waals surface area contributed by atoms with E-state index in [-0.39, 0.29) is 30.0 Å². The number of carbonyl (C=O) groups is 1. The molecule has 7 heteroatoms. The van der Waals surface area contributed by atoms with Gasteiger partial charge in [-0.05, 0) is 42.7 Å². The molecule has 2 rings (SSSR count). The molecule has 0 bridgehead atoms. The number of hydrazine groups is 1. The number of benzene rings is 2. The average Bonchev–Trinajstić information content (AvgIpc) is 2.63. The van der Waals surface area contributed by atoms with Gasteiger partial charge in [-0.1, -0.05) is 18.2 Å². The molecule has 1 atom stereocenters. The smallest absolute Gasteiger partial charge is 0.306 e. The number of halogens is 2. The minimum atomic E-state index is -0.375. The van der Waals surface area contributed by atoms with Crippen molar-refractivity contribution >= 4 is 28.9 Å². The standard InChI is InChI=1S/C20H25ClFN3O2/c1-4-27-19(26)10-16(13-5-7-17(22)14(9-13)11-21)15-6-8-18(25(3)24)20(23)12(15)2/h5-9,16H,4,10-11,23-24H2,1-3H3. The molecule has 0 spiro atoms. The topological polar surface area (TPSA) is 81.6 Å². The van der Waals surface area contributed by atoms with Crippen LogP contribution in [0.4, 0.5) is 15.8 Å². The van der Waals surface area contributed by atoms with Gasteiger partial charge in [-0.2, -0.15) is 0 Å². The molecule has 0 aliphatic rings. The second-order valence-electron chi connectivity index (χ2n) is 6.37. The molecule has 27 heavy (non-hydrogen) atoms. The van der Waals surface area contributed by atoms with Crippen molar-refractivity contribution in [1.29, 1.82) is 0 Å². The minimum Gasteiger partial charge on any atom is -0.466 e. The van der Waals surface area contributed by atoms with Crippen molar-refractivity contribution in [3.63, 3.8) is 0 Å². The SMILES string of the molecule is CCOC(=O)CC(c1ccc(F)c(CCl)c1)c1ccc(N(C)N)c(N)c1C. The molecule has 5 nitrogen and oxygen atoms in total. The monoisotopic (exact) mass is 393 g/mol. The summed E-state index contributed by atoms with van der Waals surface area (Å²) in [5, 5.41) is 1.44. The first-order chi connectivity index (χ1) is 12.8. The number of nitrogens with two attached hydrogens (primary N) is 2. The number of carbonyl (C=O) groups excluding carboxylic acids is 1. The third-order valence-corrected chi connectivity index (χ3v) is 4.87. The van der Waals surface area contributed by atoms with E-state index in [1.165, 1.54) is 11.1 Å². The summed E-state index contributed by atoms with van der Waals surface area (Å²) < 4.78 is 19.0. The van der Waals surface area contributed by atoms with Gasteiger partial charge in [-0.3, -0.25) is 4.79 Å². The molecular formula is C20H25ClFN3O2. The lowest BCUT2D eigenvalue weighted by atomic mass is 9.84. The average molecular weight is 394 g/mol. The number of hydrogen-bond acceptors (Lipinski definition) is 5. The van der Waals surface area contributed by atoms with Crippen molar-refractivity contribution in [2.45, 2.75) is 32.1 Å². The Balaban J connectivity index is 2.57. The lowest BCUT2D eigenvalue weighted by Gasteiger charge is -2.24. The van der Waals surface area contributed by atoms with Gasteiger partial charge in [0.05, 0.1) is 30.3 Å². The largest absolute Gasteiger partial charge is 0.466 e. The summed E-state index contributed by atoms with van der Waals surface area (Å²) in [6.45, 7) is 3.92. The van der Waals surface area contributed by atoms with Gasteiger partial charge < -0.3 is 15.5 Å². The Morgan fingerprint density at radius 2 is 2.04 bits per heavy atom. The van der Waals surface area contributed by atoms with Crippen molar-refractivity contribution in [3.05, 3.63) is 58.4 Å². The Morgan fingerprint density at radius 1 is 1.33 bits per heavy atom. The normalized spacial score (nSPS) is 11.9. The van der Waals surface area contributed by atoms with Gasteiger partial charge in [-0.25, -0.2) is 10.2 Å². The van der Waals surface area contributed by atoms with Crippen LogP contribution in [0.2, 0.25) is 0 Å². The molecule has 0 aliphatic heterocycles. The molecule has 2 aromatic carbocycles. The molecule has 0 heterocycles. The van der Waals surface area contributed by atoms with Gasteiger partial charge >= 0.3 is 5.97 Å². The van der Waals surface area contributed by atoms with Crippen LogP contribution in [0.5, 0.6) is 0 Å². The number of rotatable bonds is 7. The number of alkyl halides is 1. The van der Waals surface area contributed by atoms with Crippen LogP contribution in [0.15, 0.2) is 30.3 Å². The van der Waals surface area contributed by atoms with Crippen LogP contribution < -0.4 is 16.6 Å². The number of nitrogens with zero attached hydrogens (tertiary/aromatic N) is 1. The van der Waals surface area contributed by atoms with Crippen molar-refractivity contribution in [2.75, 3.05) is 24.4 Å². The minimum absolute atomic E-state index is 0.0455. The van der Waals surface area contributed by atoms with Crippen LogP contribution in [0, 0.1) is 12.7 Å². The summed E-state index contributed by atoms with van der Waals surface area (Å²) >= 11 is 5.85. The molecule has 1 unspecified atom stereocenters. The van der Waals surface area contributed by atoms with Crippen LogP contribution >= 0.6 is 11.6 Å². The van der Waals surface area contributed by atoms with E-state index in [0.29, 0.717) is 23.5 Å². The highest BCUT2D eigenvalue weighted by atomic mass is 35.5. The van der Waals surface area contributed by atoms with E-state index < -0.39 is 0 Å². The summed E-state index contributed by atoms with van der Waals surface area (Å²) in [5.41, 5.74) is 10.3. The van der Waals surface area contributed by atoms with Crippen molar-refractivity contribution in [3.8, 4) is 0 Å². The molecule has 0 aromatic heterocycles. The first kappa shape index (κ1) is 21.0. The highest BCUT2D eigenvalue weighted by Gasteiger charge is 2.23. The predicted octanol–water partition coefficient (Wildman–Crippen LogP) is 3.85. The molecule has 4 N–H and O–H groups in total. The first-order valence-corrected chi connectivity index (χ1v) is 9.20. The quantitative estimate of drug-likeness (QED) is 0.245. The second kappa shape index (κ2) is 9.06. The van der Waals surface area contributed by atoms with Crippen LogP contribution in [0.25, 0.3) is 0 Å². The lowest BCUT2D eigenvalue weighted by molar-refractivity contribution is -0.143. The summed E-state index contributed by atoms with van der Waals surface area (Å²) in [4.78, 5) is 12.2. The molecule has 0 aliphatic carbocycles. The maximum absolute atomic E-state index is 13.9. The van der Waals surface area contributed by atoms with Gasteiger partial charge in [-0.15, -0.1) is 11.6 Å². The third-order valence-electron chi connectivity index (χ3n) is 4.58. The molecule has 2 aromatic rings. The van der Waals surface area contributed by atoms with Crippen LogP contribution in [0.3, 0.4) is 0 Å². The fourth-order valence-corrected chi connectivity index (χ4v) is 3.33. The molecule has 0 amide bonds. The molecule has 0 radical (unpaired) electrons. The van der Waals surface area contributed by atoms with Crippen LogP contribution in [-0.2, 0) is 15.4 Å². The first-order valence-electron chi connectivity index (χ1n) is 8.67. The molecule has 146 valence electrons. The highest BCUT2D eigenvalue weighted by molar-refractivity contribution is 6.17. The van der Waals surface area contributed by atoms with E-state index in [4.69, 9.17) is 27.9 Å². The Hall–Kier alpha value is -2.31. The van der Waals surface area contributed by atoms with E-state index in [9.17, 15) is 9.18 Å². The maximum Gasteiger partial charge on any atom is 0.306 e. The van der Waals surface area contributed by atoms with E-state index in [1.807, 2.05) is 19.1 Å². The van der Waals surface area contributed by atoms with Gasteiger partial charge in [0.15, 0.2) is 0 Å². The van der Waals surface area contributed by atoms with Crippen molar-refractivity contribution in [2.24, 2.45) is 5.84 Å². The Labute approximate surface area is 164 Å². The van der Waals surface area contributed by atoms with Crippen LogP contribution in [0.1, 0.15) is 41.5 Å². The highest BCUT2D eigenvalue weighted by Crippen LogP contribution is 2.37. The number of esters is 1. The lowest BCUT2D eigenvalue weighted by Crippen LogP contribution is -2.26. The van der Waals surface area contributed by atoms with Gasteiger partial charge in [0.2, 0.25) is 0 Å². The van der Waals surface area contributed by atoms with Crippen molar-refractivity contribution < 1.29 is 13.9 Å². The van der Waals surface area contributed by atoms with E-state index in [1.54, 1.807) is 26.1 Å². The number of hydrogen-bond donors (Lipinski definition) is 2. The molecule has 0 fully saturated rings.